The lowest BCUT2D eigenvalue weighted by molar-refractivity contribution is -0.254. The molecule has 1 aromatic carbocycles. The molecule has 1 aliphatic heterocycles. The molecule has 0 radical (unpaired) electrons. The fourth-order valence-electron chi connectivity index (χ4n) is 3.33. The van der Waals surface area contributed by atoms with Crippen LogP contribution in [0.25, 0.3) is 0 Å². The molecule has 0 amide bonds. The van der Waals surface area contributed by atoms with Gasteiger partial charge in [0, 0.05) is 33.3 Å². The van der Waals surface area contributed by atoms with Crippen LogP contribution in [-0.2, 0) is 42.9 Å². The van der Waals surface area contributed by atoms with E-state index in [1.807, 2.05) is 0 Å². The van der Waals surface area contributed by atoms with Crippen molar-refractivity contribution < 1.29 is 47.7 Å². The average molecular weight is 471 g/mol. The number of rotatable bonds is 7. The highest BCUT2D eigenvalue weighted by molar-refractivity contribution is 6.32. The van der Waals surface area contributed by atoms with Crippen molar-refractivity contribution in [1.82, 2.24) is 0 Å². The van der Waals surface area contributed by atoms with E-state index >= 15 is 0 Å². The molecular weight excluding hydrogens is 448 g/mol. The molecule has 174 valence electrons. The van der Waals surface area contributed by atoms with Gasteiger partial charge in [0.1, 0.15) is 18.8 Å². The van der Waals surface area contributed by atoms with Crippen LogP contribution < -0.4 is 0 Å². The summed E-state index contributed by atoms with van der Waals surface area (Å²) in [5, 5.41) is 0.189. The van der Waals surface area contributed by atoms with Gasteiger partial charge in [-0.1, -0.05) is 17.7 Å². The van der Waals surface area contributed by atoms with Gasteiger partial charge in [-0.3, -0.25) is 24.0 Å². The molecular formula is C21H23ClO10. The number of hydrogen-bond acceptors (Lipinski definition) is 10. The van der Waals surface area contributed by atoms with Crippen molar-refractivity contribution in [3.8, 4) is 0 Å². The van der Waals surface area contributed by atoms with Crippen LogP contribution in [0.3, 0.4) is 0 Å². The van der Waals surface area contributed by atoms with Crippen LogP contribution in [0.2, 0.25) is 5.02 Å². The molecule has 1 fully saturated rings. The second-order valence-electron chi connectivity index (χ2n) is 7.02. The van der Waals surface area contributed by atoms with Crippen LogP contribution >= 0.6 is 11.6 Å². The Morgan fingerprint density at radius 3 is 2.00 bits per heavy atom. The third-order valence-corrected chi connectivity index (χ3v) is 4.81. The molecule has 10 nitrogen and oxygen atoms in total. The number of aldehydes is 1. The van der Waals surface area contributed by atoms with Gasteiger partial charge in [0.2, 0.25) is 0 Å². The maximum atomic E-state index is 11.9. The second kappa shape index (κ2) is 11.1. The molecule has 1 saturated heterocycles. The van der Waals surface area contributed by atoms with E-state index in [2.05, 4.69) is 0 Å². The summed E-state index contributed by atoms with van der Waals surface area (Å²) in [6, 6.07) is 4.42. The van der Waals surface area contributed by atoms with Crippen molar-refractivity contribution in [1.29, 1.82) is 0 Å². The first kappa shape index (κ1) is 25.3. The molecule has 2 rings (SSSR count). The summed E-state index contributed by atoms with van der Waals surface area (Å²) in [4.78, 5) is 58.1. The average Bonchev–Trinajstić information content (AvgIpc) is 2.69. The van der Waals surface area contributed by atoms with Crippen molar-refractivity contribution in [2.75, 3.05) is 6.61 Å². The van der Waals surface area contributed by atoms with Crippen molar-refractivity contribution >= 4 is 41.8 Å². The standard InChI is InChI=1S/C21H23ClO10/c1-10(24)28-9-17-19(29-11(2)25)21(31-13(4)27)20(30-12(3)26)18(32-17)14-5-6-16(22)15(7-14)8-23/h5-8,17-21H,9H2,1-4H3/t17?,18?,19-,20+,21?/m1/s1. The monoisotopic (exact) mass is 470 g/mol. The van der Waals surface area contributed by atoms with E-state index in [9.17, 15) is 24.0 Å². The molecule has 0 N–H and O–H groups in total. The van der Waals surface area contributed by atoms with Gasteiger partial charge in [-0.25, -0.2) is 0 Å². The lowest BCUT2D eigenvalue weighted by atomic mass is 9.90. The van der Waals surface area contributed by atoms with E-state index in [0.717, 1.165) is 20.8 Å². The molecule has 0 bridgehead atoms. The van der Waals surface area contributed by atoms with Crippen LogP contribution in [0.1, 0.15) is 49.7 Å². The molecule has 1 aromatic rings. The summed E-state index contributed by atoms with van der Waals surface area (Å²) >= 11 is 6.01. The van der Waals surface area contributed by atoms with Gasteiger partial charge < -0.3 is 23.7 Å². The third-order valence-electron chi connectivity index (χ3n) is 4.47. The van der Waals surface area contributed by atoms with Gasteiger partial charge in [0.15, 0.2) is 24.6 Å². The van der Waals surface area contributed by atoms with Gasteiger partial charge in [-0.05, 0) is 17.7 Å². The van der Waals surface area contributed by atoms with E-state index in [4.69, 9.17) is 35.3 Å². The molecule has 0 aliphatic carbocycles. The minimum atomic E-state index is -1.30. The number of esters is 4. The number of carbonyl (C=O) groups excluding carboxylic acids is 5. The second-order valence-corrected chi connectivity index (χ2v) is 7.43. The largest absolute Gasteiger partial charge is 0.463 e. The number of halogens is 1. The zero-order valence-electron chi connectivity index (χ0n) is 17.9. The van der Waals surface area contributed by atoms with E-state index in [-0.39, 0.29) is 17.2 Å². The van der Waals surface area contributed by atoms with Crippen molar-refractivity contribution in [2.45, 2.75) is 58.2 Å². The molecule has 1 heterocycles. The summed E-state index contributed by atoms with van der Waals surface area (Å²) < 4.78 is 27.1. The Hall–Kier alpha value is -2.98. The topological polar surface area (TPSA) is 132 Å². The smallest absolute Gasteiger partial charge is 0.303 e. The van der Waals surface area contributed by atoms with E-state index in [1.165, 1.54) is 25.1 Å². The molecule has 1 aliphatic rings. The van der Waals surface area contributed by atoms with Gasteiger partial charge in [0.25, 0.3) is 0 Å². The van der Waals surface area contributed by atoms with Crippen LogP contribution in [0.4, 0.5) is 0 Å². The Bertz CT molecular complexity index is 899. The first-order valence-electron chi connectivity index (χ1n) is 9.58. The van der Waals surface area contributed by atoms with Crippen LogP contribution in [-0.4, -0.2) is 61.2 Å². The quantitative estimate of drug-likeness (QED) is 0.331. The maximum Gasteiger partial charge on any atom is 0.303 e. The fourth-order valence-corrected chi connectivity index (χ4v) is 3.49. The van der Waals surface area contributed by atoms with E-state index < -0.39 is 54.4 Å². The Kier molecular flexibility index (Phi) is 8.73. The number of carbonyl (C=O) groups is 5. The predicted molar refractivity (Wildman–Crippen MR) is 108 cm³/mol. The van der Waals surface area contributed by atoms with Gasteiger partial charge in [-0.2, -0.15) is 0 Å². The van der Waals surface area contributed by atoms with Gasteiger partial charge >= 0.3 is 23.9 Å². The summed E-state index contributed by atoms with van der Waals surface area (Å²) in [6.07, 6.45) is -5.43. The molecule has 11 heteroatoms. The highest BCUT2D eigenvalue weighted by atomic mass is 35.5. The van der Waals surface area contributed by atoms with Crippen molar-refractivity contribution in [2.24, 2.45) is 0 Å². The predicted octanol–water partition coefficient (Wildman–Crippen LogP) is 1.95. The zero-order chi connectivity index (χ0) is 24.0. The summed E-state index contributed by atoms with van der Waals surface area (Å²) in [5.41, 5.74) is 0.519. The SMILES string of the molecule is CC(=O)OCC1OC(c2ccc(Cl)c(C=O)c2)[C@H](OC(C)=O)C(OC(C)=O)[C@@H]1OC(C)=O. The Morgan fingerprint density at radius 1 is 0.906 bits per heavy atom. The van der Waals surface area contributed by atoms with Crippen LogP contribution in [0.15, 0.2) is 18.2 Å². The first-order chi connectivity index (χ1) is 15.0. The van der Waals surface area contributed by atoms with E-state index in [0.29, 0.717) is 11.8 Å². The first-order valence-corrected chi connectivity index (χ1v) is 9.96. The summed E-state index contributed by atoms with van der Waals surface area (Å²) in [6.45, 7) is 4.25. The van der Waals surface area contributed by atoms with Gasteiger partial charge in [0.05, 0.1) is 5.02 Å². The maximum absolute atomic E-state index is 11.9. The lowest BCUT2D eigenvalue weighted by Crippen LogP contribution is -2.59. The third kappa shape index (κ3) is 6.51. The van der Waals surface area contributed by atoms with Crippen LogP contribution in [0, 0.1) is 0 Å². The van der Waals surface area contributed by atoms with E-state index in [1.54, 1.807) is 0 Å². The summed E-state index contributed by atoms with van der Waals surface area (Å²) in [7, 11) is 0. The number of ether oxygens (including phenoxy) is 5. The Morgan fingerprint density at radius 2 is 1.47 bits per heavy atom. The zero-order valence-corrected chi connectivity index (χ0v) is 18.6. The molecule has 0 saturated carbocycles. The highest BCUT2D eigenvalue weighted by Crippen LogP contribution is 2.38. The number of benzene rings is 1. The minimum Gasteiger partial charge on any atom is -0.463 e. The fraction of sp³-hybridized carbons (Fsp3) is 0.476. The van der Waals surface area contributed by atoms with Crippen molar-refractivity contribution in [3.63, 3.8) is 0 Å². The summed E-state index contributed by atoms with van der Waals surface area (Å²) in [5.74, 6) is -2.79. The van der Waals surface area contributed by atoms with Crippen molar-refractivity contribution in [3.05, 3.63) is 34.3 Å². The lowest BCUT2D eigenvalue weighted by Gasteiger charge is -2.44. The Labute approximate surface area is 189 Å². The highest BCUT2D eigenvalue weighted by Gasteiger charge is 2.52. The van der Waals surface area contributed by atoms with Crippen LogP contribution in [0.5, 0.6) is 0 Å². The van der Waals surface area contributed by atoms with Gasteiger partial charge in [-0.15, -0.1) is 0 Å². The molecule has 3 unspecified atom stereocenters. The molecule has 0 spiro atoms. The molecule has 5 atom stereocenters. The molecule has 32 heavy (non-hydrogen) atoms. The normalized spacial score (nSPS) is 24.7. The number of hydrogen-bond donors (Lipinski definition) is 0. The molecule has 0 aromatic heterocycles. The Balaban J connectivity index is 2.59. The minimum absolute atomic E-state index is 0.150.